The zero-order valence-electron chi connectivity index (χ0n) is 9.00. The van der Waals surface area contributed by atoms with Gasteiger partial charge in [0.25, 0.3) is 0 Å². The standard InChI is InChI=1S/C12H10N4O/c1-2-4-9(5-3-1)8-11-10(6-7-17-11)12-13-15-16-14-12/h1-7H,8H2,(H,13,14,15,16). The fraction of sp³-hybridized carbons (Fsp3) is 0.0833. The zero-order valence-corrected chi connectivity index (χ0v) is 9.00. The van der Waals surface area contributed by atoms with E-state index in [0.29, 0.717) is 5.82 Å². The summed E-state index contributed by atoms with van der Waals surface area (Å²) in [5, 5.41) is 13.9. The first-order valence-corrected chi connectivity index (χ1v) is 5.27. The first-order valence-electron chi connectivity index (χ1n) is 5.27. The highest BCUT2D eigenvalue weighted by molar-refractivity contribution is 5.57. The number of aromatic nitrogens is 4. The summed E-state index contributed by atoms with van der Waals surface area (Å²) in [7, 11) is 0. The number of aromatic amines is 1. The molecule has 0 aliphatic heterocycles. The Bertz CT molecular complexity index is 586. The van der Waals surface area contributed by atoms with Crippen molar-refractivity contribution in [3.05, 3.63) is 54.0 Å². The Balaban J connectivity index is 1.92. The normalized spacial score (nSPS) is 10.6. The fourth-order valence-electron chi connectivity index (χ4n) is 1.73. The van der Waals surface area contributed by atoms with Gasteiger partial charge in [-0.15, -0.1) is 10.2 Å². The van der Waals surface area contributed by atoms with Gasteiger partial charge >= 0.3 is 0 Å². The molecule has 1 N–H and O–H groups in total. The largest absolute Gasteiger partial charge is 0.468 e. The van der Waals surface area contributed by atoms with Gasteiger partial charge in [0.15, 0.2) is 0 Å². The number of tetrazole rings is 1. The van der Waals surface area contributed by atoms with E-state index in [-0.39, 0.29) is 0 Å². The number of H-pyrrole nitrogens is 1. The van der Waals surface area contributed by atoms with Gasteiger partial charge in [0.2, 0.25) is 5.82 Å². The van der Waals surface area contributed by atoms with Crippen LogP contribution < -0.4 is 0 Å². The number of hydrogen-bond acceptors (Lipinski definition) is 4. The molecule has 84 valence electrons. The Labute approximate surface area is 97.5 Å². The van der Waals surface area contributed by atoms with Crippen LogP contribution in [0.2, 0.25) is 0 Å². The van der Waals surface area contributed by atoms with Crippen molar-refractivity contribution in [2.45, 2.75) is 6.42 Å². The number of nitrogens with one attached hydrogen (secondary N) is 1. The van der Waals surface area contributed by atoms with Crippen LogP contribution in [0.5, 0.6) is 0 Å². The maximum atomic E-state index is 5.47. The maximum Gasteiger partial charge on any atom is 0.208 e. The molecular formula is C12H10N4O. The van der Waals surface area contributed by atoms with Crippen molar-refractivity contribution in [2.24, 2.45) is 0 Å². The third kappa shape index (κ3) is 1.94. The quantitative estimate of drug-likeness (QED) is 0.742. The Morgan fingerprint density at radius 1 is 1.12 bits per heavy atom. The molecule has 0 unspecified atom stereocenters. The predicted molar refractivity (Wildman–Crippen MR) is 61.1 cm³/mol. The van der Waals surface area contributed by atoms with E-state index in [1.807, 2.05) is 24.3 Å². The second kappa shape index (κ2) is 4.21. The highest BCUT2D eigenvalue weighted by Gasteiger charge is 2.12. The van der Waals surface area contributed by atoms with Gasteiger partial charge in [0, 0.05) is 6.42 Å². The molecule has 0 spiro atoms. The molecule has 3 rings (SSSR count). The number of benzene rings is 1. The van der Waals surface area contributed by atoms with Crippen molar-refractivity contribution < 1.29 is 4.42 Å². The number of hydrogen-bond donors (Lipinski definition) is 1. The monoisotopic (exact) mass is 226 g/mol. The van der Waals surface area contributed by atoms with Crippen LogP contribution in [0.1, 0.15) is 11.3 Å². The summed E-state index contributed by atoms with van der Waals surface area (Å²) in [6.07, 6.45) is 2.36. The summed E-state index contributed by atoms with van der Waals surface area (Å²) >= 11 is 0. The minimum Gasteiger partial charge on any atom is -0.468 e. The molecule has 0 amide bonds. The van der Waals surface area contributed by atoms with Crippen LogP contribution in [-0.2, 0) is 6.42 Å². The molecule has 5 nitrogen and oxygen atoms in total. The van der Waals surface area contributed by atoms with Crippen LogP contribution in [0.25, 0.3) is 11.4 Å². The molecular weight excluding hydrogens is 216 g/mol. The minimum atomic E-state index is 0.560. The molecule has 2 heterocycles. The zero-order chi connectivity index (χ0) is 11.5. The van der Waals surface area contributed by atoms with Gasteiger partial charge < -0.3 is 4.42 Å². The summed E-state index contributed by atoms with van der Waals surface area (Å²) in [5.41, 5.74) is 2.06. The SMILES string of the molecule is c1ccc(Cc2occc2-c2nn[nH]n2)cc1. The van der Waals surface area contributed by atoms with E-state index in [1.54, 1.807) is 6.26 Å². The lowest BCUT2D eigenvalue weighted by Crippen LogP contribution is -1.89. The lowest BCUT2D eigenvalue weighted by molar-refractivity contribution is 0.521. The van der Waals surface area contributed by atoms with Crippen molar-refractivity contribution in [1.82, 2.24) is 20.6 Å². The molecule has 3 aromatic rings. The number of nitrogens with zero attached hydrogens (tertiary/aromatic N) is 3. The van der Waals surface area contributed by atoms with Crippen molar-refractivity contribution in [2.75, 3.05) is 0 Å². The molecule has 0 fully saturated rings. The lowest BCUT2D eigenvalue weighted by Gasteiger charge is -1.99. The molecule has 17 heavy (non-hydrogen) atoms. The molecule has 0 bridgehead atoms. The van der Waals surface area contributed by atoms with Crippen molar-refractivity contribution in [1.29, 1.82) is 0 Å². The Kier molecular flexibility index (Phi) is 2.42. The molecule has 0 radical (unpaired) electrons. The molecule has 0 atom stereocenters. The van der Waals surface area contributed by atoms with Crippen LogP contribution in [0.15, 0.2) is 47.1 Å². The summed E-state index contributed by atoms with van der Waals surface area (Å²) in [5.74, 6) is 1.40. The Morgan fingerprint density at radius 2 is 2.00 bits per heavy atom. The Morgan fingerprint density at radius 3 is 2.76 bits per heavy atom. The minimum absolute atomic E-state index is 0.560. The van der Waals surface area contributed by atoms with Gasteiger partial charge in [-0.3, -0.25) is 0 Å². The Hall–Kier alpha value is -2.43. The van der Waals surface area contributed by atoms with Crippen molar-refractivity contribution >= 4 is 0 Å². The fourth-order valence-corrected chi connectivity index (χ4v) is 1.73. The van der Waals surface area contributed by atoms with Crippen molar-refractivity contribution in [3.63, 3.8) is 0 Å². The van der Waals surface area contributed by atoms with Crippen LogP contribution >= 0.6 is 0 Å². The molecule has 0 saturated heterocycles. The second-order valence-corrected chi connectivity index (χ2v) is 3.66. The number of rotatable bonds is 3. The summed E-state index contributed by atoms with van der Waals surface area (Å²) < 4.78 is 5.47. The van der Waals surface area contributed by atoms with E-state index in [1.165, 1.54) is 5.56 Å². The van der Waals surface area contributed by atoms with Gasteiger partial charge in [-0.25, -0.2) is 0 Å². The maximum absolute atomic E-state index is 5.47. The van der Waals surface area contributed by atoms with Crippen LogP contribution in [0.4, 0.5) is 0 Å². The molecule has 0 aliphatic carbocycles. The number of furan rings is 1. The third-order valence-electron chi connectivity index (χ3n) is 2.54. The second-order valence-electron chi connectivity index (χ2n) is 3.66. The van der Waals surface area contributed by atoms with Crippen LogP contribution in [0, 0.1) is 0 Å². The van der Waals surface area contributed by atoms with E-state index in [9.17, 15) is 0 Å². The molecule has 1 aromatic carbocycles. The van der Waals surface area contributed by atoms with Gasteiger partial charge in [0.1, 0.15) is 5.76 Å². The van der Waals surface area contributed by atoms with Crippen LogP contribution in [0.3, 0.4) is 0 Å². The summed E-state index contributed by atoms with van der Waals surface area (Å²) in [4.78, 5) is 0. The van der Waals surface area contributed by atoms with E-state index in [4.69, 9.17) is 4.42 Å². The predicted octanol–water partition coefficient (Wildman–Crippen LogP) is 2.05. The van der Waals surface area contributed by atoms with Gasteiger partial charge in [-0.1, -0.05) is 30.3 Å². The summed E-state index contributed by atoms with van der Waals surface area (Å²) in [6.45, 7) is 0. The van der Waals surface area contributed by atoms with Crippen LogP contribution in [-0.4, -0.2) is 20.6 Å². The van der Waals surface area contributed by atoms with Gasteiger partial charge in [-0.2, -0.15) is 5.21 Å². The van der Waals surface area contributed by atoms with Gasteiger partial charge in [0.05, 0.1) is 11.8 Å². The smallest absolute Gasteiger partial charge is 0.208 e. The topological polar surface area (TPSA) is 67.6 Å². The molecule has 0 aliphatic rings. The molecule has 2 aromatic heterocycles. The highest BCUT2D eigenvalue weighted by atomic mass is 16.3. The van der Waals surface area contributed by atoms with E-state index in [2.05, 4.69) is 32.8 Å². The van der Waals surface area contributed by atoms with E-state index < -0.39 is 0 Å². The molecule has 0 saturated carbocycles. The van der Waals surface area contributed by atoms with Crippen molar-refractivity contribution in [3.8, 4) is 11.4 Å². The molecule has 5 heteroatoms. The first-order chi connectivity index (χ1) is 8.43. The average molecular weight is 226 g/mol. The first kappa shape index (κ1) is 9.77. The van der Waals surface area contributed by atoms with Gasteiger partial charge in [-0.05, 0) is 16.8 Å². The van der Waals surface area contributed by atoms with E-state index >= 15 is 0 Å². The lowest BCUT2D eigenvalue weighted by atomic mass is 10.1. The summed E-state index contributed by atoms with van der Waals surface area (Å²) in [6, 6.07) is 12.0. The highest BCUT2D eigenvalue weighted by Crippen LogP contribution is 2.23. The van der Waals surface area contributed by atoms with E-state index in [0.717, 1.165) is 17.7 Å². The third-order valence-corrected chi connectivity index (χ3v) is 2.54. The average Bonchev–Trinajstić information content (AvgIpc) is 3.00.